The first kappa shape index (κ1) is 18.4. The molecule has 0 radical (unpaired) electrons. The number of nitrogens with zero attached hydrogens (tertiary/aromatic N) is 2. The zero-order valence-corrected chi connectivity index (χ0v) is 14.0. The molecular formula is C19H15F3N4O. The standard InChI is InChI=1S/C19H15F3N4O/c20-10-13-6-5-12(9-16(13)22)17(18-15(21)4-2-8-24-18)26-19(27)25-14-3-1-7-23-11-14/h1-9,11,17H,10H2,(H2,25,26,27)/t17-/m0/s1. The van der Waals surface area contributed by atoms with Gasteiger partial charge in [0.1, 0.15) is 30.0 Å². The number of pyridine rings is 2. The lowest BCUT2D eigenvalue weighted by Gasteiger charge is -2.20. The number of urea groups is 1. The maximum Gasteiger partial charge on any atom is 0.320 e. The normalized spacial score (nSPS) is 11.7. The van der Waals surface area contributed by atoms with Gasteiger partial charge in [0.2, 0.25) is 0 Å². The van der Waals surface area contributed by atoms with Crippen LogP contribution in [0.1, 0.15) is 22.9 Å². The fraction of sp³-hybridized carbons (Fsp3) is 0.105. The quantitative estimate of drug-likeness (QED) is 0.708. The molecule has 0 unspecified atom stereocenters. The summed E-state index contributed by atoms with van der Waals surface area (Å²) in [4.78, 5) is 20.2. The molecule has 1 atom stereocenters. The molecule has 0 bridgehead atoms. The van der Waals surface area contributed by atoms with E-state index in [1.54, 1.807) is 18.3 Å². The van der Waals surface area contributed by atoms with Crippen LogP contribution in [0.15, 0.2) is 61.1 Å². The van der Waals surface area contributed by atoms with Gasteiger partial charge in [0.05, 0.1) is 11.9 Å². The van der Waals surface area contributed by atoms with Gasteiger partial charge in [-0.1, -0.05) is 12.1 Å². The maximum absolute atomic E-state index is 14.3. The molecule has 0 fully saturated rings. The third kappa shape index (κ3) is 4.41. The first-order chi connectivity index (χ1) is 13.1. The van der Waals surface area contributed by atoms with E-state index in [-0.39, 0.29) is 16.8 Å². The highest BCUT2D eigenvalue weighted by atomic mass is 19.1. The number of hydrogen-bond acceptors (Lipinski definition) is 3. The summed E-state index contributed by atoms with van der Waals surface area (Å²) >= 11 is 0. The third-order valence-corrected chi connectivity index (χ3v) is 3.81. The van der Waals surface area contributed by atoms with Crippen LogP contribution in [0, 0.1) is 11.6 Å². The lowest BCUT2D eigenvalue weighted by Crippen LogP contribution is -2.34. The summed E-state index contributed by atoms with van der Waals surface area (Å²) in [5.41, 5.74) is 0.433. The molecule has 2 aromatic heterocycles. The molecule has 1 aromatic carbocycles. The number of alkyl halides is 1. The summed E-state index contributed by atoms with van der Waals surface area (Å²) < 4.78 is 41.0. The molecule has 2 amide bonds. The molecule has 27 heavy (non-hydrogen) atoms. The number of carbonyl (C=O) groups excluding carboxylic acids is 1. The van der Waals surface area contributed by atoms with E-state index in [2.05, 4.69) is 20.6 Å². The van der Waals surface area contributed by atoms with Gasteiger partial charge < -0.3 is 10.6 Å². The van der Waals surface area contributed by atoms with Gasteiger partial charge >= 0.3 is 6.03 Å². The van der Waals surface area contributed by atoms with Crippen LogP contribution in [0.2, 0.25) is 0 Å². The summed E-state index contributed by atoms with van der Waals surface area (Å²) in [5, 5.41) is 5.11. The first-order valence-electron chi connectivity index (χ1n) is 8.00. The van der Waals surface area contributed by atoms with Crippen molar-refractivity contribution >= 4 is 11.7 Å². The second-order valence-electron chi connectivity index (χ2n) is 5.63. The van der Waals surface area contributed by atoms with E-state index in [0.29, 0.717) is 5.69 Å². The van der Waals surface area contributed by atoms with Gasteiger partial charge in [-0.15, -0.1) is 0 Å². The molecule has 0 saturated heterocycles. The van der Waals surface area contributed by atoms with E-state index in [9.17, 15) is 18.0 Å². The molecule has 0 spiro atoms. The molecule has 3 rings (SSSR count). The SMILES string of the molecule is O=C(Nc1cccnc1)N[C@@H](c1ccc(CF)c(F)c1)c1ncccc1F. The predicted octanol–water partition coefficient (Wildman–Crippen LogP) is 4.14. The summed E-state index contributed by atoms with van der Waals surface area (Å²) in [6.45, 7) is -0.969. The largest absolute Gasteiger partial charge is 0.325 e. The van der Waals surface area contributed by atoms with Crippen LogP contribution in [0.4, 0.5) is 23.7 Å². The lowest BCUT2D eigenvalue weighted by molar-refractivity contribution is 0.249. The molecule has 2 heterocycles. The van der Waals surface area contributed by atoms with Gasteiger partial charge in [0.25, 0.3) is 0 Å². The van der Waals surface area contributed by atoms with E-state index in [1.165, 1.54) is 36.7 Å². The van der Waals surface area contributed by atoms with Crippen LogP contribution in [0.5, 0.6) is 0 Å². The second-order valence-corrected chi connectivity index (χ2v) is 5.63. The van der Waals surface area contributed by atoms with Crippen molar-refractivity contribution in [1.82, 2.24) is 15.3 Å². The Hall–Kier alpha value is -3.42. The predicted molar refractivity (Wildman–Crippen MR) is 93.6 cm³/mol. The number of halogens is 3. The van der Waals surface area contributed by atoms with E-state index in [4.69, 9.17) is 0 Å². The molecule has 0 saturated carbocycles. The van der Waals surface area contributed by atoms with Crippen LogP contribution >= 0.6 is 0 Å². The van der Waals surface area contributed by atoms with Crippen molar-refractivity contribution in [2.24, 2.45) is 0 Å². The first-order valence-corrected chi connectivity index (χ1v) is 8.00. The Labute approximate surface area is 153 Å². The highest BCUT2D eigenvalue weighted by Gasteiger charge is 2.23. The fourth-order valence-corrected chi connectivity index (χ4v) is 2.51. The molecular weight excluding hydrogens is 357 g/mol. The summed E-state index contributed by atoms with van der Waals surface area (Å²) in [5.74, 6) is -1.45. The smallest absolute Gasteiger partial charge is 0.320 e. The minimum atomic E-state index is -1.08. The Kier molecular flexibility index (Phi) is 5.65. The van der Waals surface area contributed by atoms with E-state index >= 15 is 0 Å². The van der Waals surface area contributed by atoms with Crippen molar-refractivity contribution in [3.8, 4) is 0 Å². The number of hydrogen-bond donors (Lipinski definition) is 2. The van der Waals surface area contributed by atoms with Crippen LogP contribution in [-0.4, -0.2) is 16.0 Å². The Morgan fingerprint density at radius 1 is 1.07 bits per heavy atom. The topological polar surface area (TPSA) is 66.9 Å². The van der Waals surface area contributed by atoms with Crippen molar-refractivity contribution in [3.05, 3.63) is 89.5 Å². The highest BCUT2D eigenvalue weighted by Crippen LogP contribution is 2.25. The minimum absolute atomic E-state index is 0.0914. The van der Waals surface area contributed by atoms with Crippen LogP contribution in [-0.2, 0) is 6.67 Å². The van der Waals surface area contributed by atoms with Crippen molar-refractivity contribution in [1.29, 1.82) is 0 Å². The number of carbonyl (C=O) groups is 1. The molecule has 0 aliphatic carbocycles. The van der Waals surface area contributed by atoms with Crippen molar-refractivity contribution in [3.63, 3.8) is 0 Å². The Bertz CT molecular complexity index is 937. The Balaban J connectivity index is 1.92. The van der Waals surface area contributed by atoms with E-state index in [1.807, 2.05) is 0 Å². The van der Waals surface area contributed by atoms with Gasteiger partial charge in [0, 0.05) is 18.0 Å². The van der Waals surface area contributed by atoms with Crippen molar-refractivity contribution < 1.29 is 18.0 Å². The third-order valence-electron chi connectivity index (χ3n) is 3.81. The monoisotopic (exact) mass is 372 g/mol. The van der Waals surface area contributed by atoms with Gasteiger partial charge in [-0.05, 0) is 35.9 Å². The fourth-order valence-electron chi connectivity index (χ4n) is 2.51. The van der Waals surface area contributed by atoms with Gasteiger partial charge in [-0.2, -0.15) is 0 Å². The van der Waals surface area contributed by atoms with Crippen molar-refractivity contribution in [2.75, 3.05) is 5.32 Å². The zero-order chi connectivity index (χ0) is 19.2. The lowest BCUT2D eigenvalue weighted by atomic mass is 10.0. The molecule has 3 aromatic rings. The van der Waals surface area contributed by atoms with Crippen LogP contribution < -0.4 is 10.6 Å². The highest BCUT2D eigenvalue weighted by molar-refractivity contribution is 5.89. The van der Waals surface area contributed by atoms with Gasteiger partial charge in [-0.25, -0.2) is 18.0 Å². The van der Waals surface area contributed by atoms with Gasteiger partial charge in [0.15, 0.2) is 0 Å². The second kappa shape index (κ2) is 8.31. The average Bonchev–Trinajstić information content (AvgIpc) is 2.67. The Morgan fingerprint density at radius 2 is 1.89 bits per heavy atom. The maximum atomic E-state index is 14.3. The number of anilines is 1. The molecule has 8 heteroatoms. The summed E-state index contributed by atoms with van der Waals surface area (Å²) in [6.07, 6.45) is 4.34. The number of amides is 2. The minimum Gasteiger partial charge on any atom is -0.325 e. The van der Waals surface area contributed by atoms with Crippen molar-refractivity contribution in [2.45, 2.75) is 12.7 Å². The summed E-state index contributed by atoms with van der Waals surface area (Å²) in [6, 6.07) is 7.83. The Morgan fingerprint density at radius 3 is 2.56 bits per heavy atom. The molecule has 2 N–H and O–H groups in total. The zero-order valence-electron chi connectivity index (χ0n) is 14.0. The molecule has 0 aliphatic heterocycles. The average molecular weight is 372 g/mol. The number of aromatic nitrogens is 2. The number of nitrogens with one attached hydrogen (secondary N) is 2. The van der Waals surface area contributed by atoms with E-state index < -0.39 is 30.4 Å². The summed E-state index contributed by atoms with van der Waals surface area (Å²) in [7, 11) is 0. The molecule has 0 aliphatic rings. The van der Waals surface area contributed by atoms with E-state index in [0.717, 1.165) is 6.07 Å². The number of benzene rings is 1. The van der Waals surface area contributed by atoms with Crippen LogP contribution in [0.3, 0.4) is 0 Å². The van der Waals surface area contributed by atoms with Crippen LogP contribution in [0.25, 0.3) is 0 Å². The molecule has 5 nitrogen and oxygen atoms in total. The molecule has 138 valence electrons. The number of rotatable bonds is 5. The van der Waals surface area contributed by atoms with Gasteiger partial charge in [-0.3, -0.25) is 9.97 Å².